The minimum atomic E-state index is -1.86. The Morgan fingerprint density at radius 3 is 2.26 bits per heavy atom. The van der Waals surface area contributed by atoms with Gasteiger partial charge in [0, 0.05) is 12.5 Å². The number of esters is 1. The summed E-state index contributed by atoms with van der Waals surface area (Å²) in [5, 5.41) is 0.124. The molecule has 1 atom stereocenters. The van der Waals surface area contributed by atoms with Gasteiger partial charge >= 0.3 is 5.97 Å². The lowest BCUT2D eigenvalue weighted by atomic mass is 10.0. The molecular formula is C18H33FO3Si. The number of rotatable bonds is 4. The molecule has 0 aromatic heterocycles. The third-order valence-electron chi connectivity index (χ3n) is 4.80. The highest BCUT2D eigenvalue weighted by molar-refractivity contribution is 6.74. The molecule has 0 bridgehead atoms. The molecule has 0 aliphatic heterocycles. The zero-order valence-electron chi connectivity index (χ0n) is 16.0. The molecule has 0 heterocycles. The summed E-state index contributed by atoms with van der Waals surface area (Å²) < 4.78 is 25.9. The summed E-state index contributed by atoms with van der Waals surface area (Å²) in [5.41, 5.74) is -0.0984. The summed E-state index contributed by atoms with van der Waals surface area (Å²) >= 11 is 0. The van der Waals surface area contributed by atoms with Crippen LogP contribution < -0.4 is 0 Å². The van der Waals surface area contributed by atoms with Gasteiger partial charge in [-0.15, -0.1) is 0 Å². The van der Waals surface area contributed by atoms with Gasteiger partial charge in [0.25, 0.3) is 0 Å². The van der Waals surface area contributed by atoms with E-state index in [0.717, 1.165) is 12.8 Å². The Kier molecular flexibility index (Phi) is 6.25. The fourth-order valence-electron chi connectivity index (χ4n) is 2.37. The van der Waals surface area contributed by atoms with Crippen molar-refractivity contribution in [3.05, 3.63) is 11.4 Å². The van der Waals surface area contributed by atoms with Gasteiger partial charge in [-0.05, 0) is 63.7 Å². The average Bonchev–Trinajstić information content (AvgIpc) is 2.80. The molecule has 1 rings (SSSR count). The molecule has 1 unspecified atom stereocenters. The van der Waals surface area contributed by atoms with E-state index in [2.05, 4.69) is 33.9 Å². The Labute approximate surface area is 141 Å². The average molecular weight is 345 g/mol. The first-order chi connectivity index (χ1) is 10.2. The summed E-state index contributed by atoms with van der Waals surface area (Å²) in [4.78, 5) is 12.0. The van der Waals surface area contributed by atoms with Gasteiger partial charge in [-0.2, -0.15) is 4.39 Å². The van der Waals surface area contributed by atoms with E-state index < -0.39 is 25.7 Å². The predicted octanol–water partition coefficient (Wildman–Crippen LogP) is 5.37. The maximum absolute atomic E-state index is 14.5. The smallest absolute Gasteiger partial charge is 0.367 e. The van der Waals surface area contributed by atoms with Crippen LogP contribution in [-0.4, -0.2) is 26.5 Å². The Morgan fingerprint density at radius 2 is 1.78 bits per heavy atom. The number of halogens is 1. The molecule has 0 radical (unpaired) electrons. The highest BCUT2D eigenvalue weighted by Crippen LogP contribution is 2.40. The van der Waals surface area contributed by atoms with Crippen molar-refractivity contribution in [2.75, 3.05) is 6.61 Å². The molecule has 0 spiro atoms. The lowest BCUT2D eigenvalue weighted by Gasteiger charge is -2.37. The van der Waals surface area contributed by atoms with Crippen LogP contribution in [-0.2, 0) is 14.0 Å². The monoisotopic (exact) mass is 344 g/mol. The van der Waals surface area contributed by atoms with Gasteiger partial charge in [-0.25, -0.2) is 4.79 Å². The Bertz CT molecular complexity index is 470. The van der Waals surface area contributed by atoms with Crippen LogP contribution in [0.3, 0.4) is 0 Å². The van der Waals surface area contributed by atoms with Gasteiger partial charge in [0.15, 0.2) is 8.32 Å². The Hall–Kier alpha value is -0.683. The van der Waals surface area contributed by atoms with Gasteiger partial charge in [0.2, 0.25) is 5.83 Å². The molecule has 1 aliphatic carbocycles. The van der Waals surface area contributed by atoms with E-state index in [9.17, 15) is 9.18 Å². The van der Waals surface area contributed by atoms with Crippen molar-refractivity contribution in [3.63, 3.8) is 0 Å². The van der Waals surface area contributed by atoms with Crippen molar-refractivity contribution in [2.24, 2.45) is 5.92 Å². The van der Waals surface area contributed by atoms with Gasteiger partial charge in [0.05, 0.1) is 0 Å². The first-order valence-corrected chi connectivity index (χ1v) is 11.4. The number of carbonyl (C=O) groups is 1. The van der Waals surface area contributed by atoms with E-state index in [-0.39, 0.29) is 11.0 Å². The molecule has 1 saturated carbocycles. The Morgan fingerprint density at radius 1 is 1.22 bits per heavy atom. The molecule has 5 heteroatoms. The highest BCUT2D eigenvalue weighted by Gasteiger charge is 2.39. The largest absolute Gasteiger partial charge is 0.455 e. The maximum Gasteiger partial charge on any atom is 0.367 e. The number of hydrogen-bond acceptors (Lipinski definition) is 3. The van der Waals surface area contributed by atoms with E-state index in [1.54, 1.807) is 20.8 Å². The van der Waals surface area contributed by atoms with Crippen LogP contribution in [0.2, 0.25) is 18.1 Å². The maximum atomic E-state index is 14.5. The first-order valence-electron chi connectivity index (χ1n) is 8.50. The van der Waals surface area contributed by atoms with Crippen LogP contribution >= 0.6 is 0 Å². The van der Waals surface area contributed by atoms with Crippen molar-refractivity contribution in [3.8, 4) is 0 Å². The topological polar surface area (TPSA) is 35.5 Å². The molecule has 0 aromatic carbocycles. The standard InChI is InChI=1S/C18H33FO3Si/c1-17(2,3)22-16(20)15(19)14-11-9-10-13(14)12-21-23(7,8)18(4,5)6/h13H,9-12H2,1-8H3. The summed E-state index contributed by atoms with van der Waals surface area (Å²) in [6.07, 6.45) is 2.40. The zero-order chi connectivity index (χ0) is 18.1. The molecule has 3 nitrogen and oxygen atoms in total. The van der Waals surface area contributed by atoms with Crippen molar-refractivity contribution in [2.45, 2.75) is 84.5 Å². The highest BCUT2D eigenvalue weighted by atomic mass is 28.4. The van der Waals surface area contributed by atoms with Crippen LogP contribution in [0.1, 0.15) is 60.8 Å². The fraction of sp³-hybridized carbons (Fsp3) is 0.833. The van der Waals surface area contributed by atoms with E-state index in [1.807, 2.05) is 0 Å². The van der Waals surface area contributed by atoms with Gasteiger partial charge in [0.1, 0.15) is 5.60 Å². The van der Waals surface area contributed by atoms with Gasteiger partial charge in [-0.1, -0.05) is 20.8 Å². The van der Waals surface area contributed by atoms with Crippen LogP contribution in [0, 0.1) is 5.92 Å². The normalized spacial score (nSPS) is 22.2. The lowest BCUT2D eigenvalue weighted by Crippen LogP contribution is -2.42. The molecule has 23 heavy (non-hydrogen) atoms. The fourth-order valence-corrected chi connectivity index (χ4v) is 3.42. The van der Waals surface area contributed by atoms with E-state index in [1.165, 1.54) is 0 Å². The number of carbonyl (C=O) groups excluding carboxylic acids is 1. The number of hydrogen-bond donors (Lipinski definition) is 0. The van der Waals surface area contributed by atoms with Crippen LogP contribution in [0.15, 0.2) is 11.4 Å². The second kappa shape index (κ2) is 7.05. The molecular weight excluding hydrogens is 311 g/mol. The zero-order valence-corrected chi connectivity index (χ0v) is 17.0. The van der Waals surface area contributed by atoms with E-state index >= 15 is 0 Å². The van der Waals surface area contributed by atoms with E-state index in [4.69, 9.17) is 9.16 Å². The molecule has 0 saturated heterocycles. The molecule has 0 N–H and O–H groups in total. The van der Waals surface area contributed by atoms with Gasteiger partial charge < -0.3 is 9.16 Å². The summed E-state index contributed by atoms with van der Waals surface area (Å²) in [6.45, 7) is 16.7. The molecule has 1 fully saturated rings. The second-order valence-electron chi connectivity index (χ2n) is 9.00. The van der Waals surface area contributed by atoms with Crippen molar-refractivity contribution in [1.29, 1.82) is 0 Å². The second-order valence-corrected chi connectivity index (χ2v) is 13.8. The first kappa shape index (κ1) is 20.4. The SMILES string of the molecule is CC(C)(C)OC(=O)C(F)=C1CCCC1CO[Si](C)(C)C(C)(C)C. The van der Waals surface area contributed by atoms with Crippen LogP contribution in [0.5, 0.6) is 0 Å². The molecule has 134 valence electrons. The third-order valence-corrected chi connectivity index (χ3v) is 9.30. The molecule has 0 amide bonds. The van der Waals surface area contributed by atoms with Crippen molar-refractivity contribution in [1.82, 2.24) is 0 Å². The number of ether oxygens (including phenoxy) is 1. The lowest BCUT2D eigenvalue weighted by molar-refractivity contribution is -0.151. The van der Waals surface area contributed by atoms with Gasteiger partial charge in [-0.3, -0.25) is 0 Å². The summed E-state index contributed by atoms with van der Waals surface area (Å²) in [5.74, 6) is -1.55. The summed E-state index contributed by atoms with van der Waals surface area (Å²) in [6, 6.07) is 0. The minimum absolute atomic E-state index is 0.00311. The summed E-state index contributed by atoms with van der Waals surface area (Å²) in [7, 11) is -1.86. The minimum Gasteiger partial charge on any atom is -0.455 e. The third kappa shape index (κ3) is 5.71. The van der Waals surface area contributed by atoms with Crippen molar-refractivity contribution < 1.29 is 18.3 Å². The predicted molar refractivity (Wildman–Crippen MR) is 94.5 cm³/mol. The van der Waals surface area contributed by atoms with Crippen LogP contribution in [0.25, 0.3) is 0 Å². The molecule has 0 aromatic rings. The molecule has 1 aliphatic rings. The van der Waals surface area contributed by atoms with Crippen LogP contribution in [0.4, 0.5) is 4.39 Å². The van der Waals surface area contributed by atoms with Crippen molar-refractivity contribution >= 4 is 14.3 Å². The van der Waals surface area contributed by atoms with E-state index in [0.29, 0.717) is 18.6 Å². The Balaban J connectivity index is 2.81. The quantitative estimate of drug-likeness (QED) is 0.390.